The van der Waals surface area contributed by atoms with Gasteiger partial charge in [-0.2, -0.15) is 0 Å². The molecule has 1 aliphatic heterocycles. The summed E-state index contributed by atoms with van der Waals surface area (Å²) >= 11 is 0. The van der Waals surface area contributed by atoms with Crippen LogP contribution in [0.3, 0.4) is 0 Å². The molecule has 23 heavy (non-hydrogen) atoms. The van der Waals surface area contributed by atoms with Crippen LogP contribution in [-0.2, 0) is 11.2 Å². The molecular weight excluding hydrogens is 294 g/mol. The van der Waals surface area contributed by atoms with E-state index in [0.717, 1.165) is 43.2 Å². The van der Waals surface area contributed by atoms with Crippen molar-refractivity contribution >= 4 is 17.0 Å². The van der Waals surface area contributed by atoms with Gasteiger partial charge in [0, 0.05) is 12.7 Å². The number of hydrogen-bond donors (Lipinski definition) is 0. The number of pyridine rings is 1. The molecule has 1 saturated heterocycles. The molecule has 0 N–H and O–H groups in total. The van der Waals surface area contributed by atoms with Crippen LogP contribution in [-0.4, -0.2) is 46.2 Å². The van der Waals surface area contributed by atoms with Crippen LogP contribution in [0.1, 0.15) is 48.7 Å². The number of aromatic nitrogens is 2. The number of morpholine rings is 1. The molecule has 2 aromatic rings. The first-order valence-electron chi connectivity index (χ1n) is 8.45. The van der Waals surface area contributed by atoms with E-state index in [-0.39, 0.29) is 18.1 Å². The summed E-state index contributed by atoms with van der Waals surface area (Å²) in [5, 5.41) is 4.92. The predicted octanol–water partition coefficient (Wildman–Crippen LogP) is 2.57. The quantitative estimate of drug-likeness (QED) is 0.870. The van der Waals surface area contributed by atoms with Gasteiger partial charge in [0.1, 0.15) is 0 Å². The minimum Gasteiger partial charge on any atom is -0.374 e. The van der Waals surface area contributed by atoms with E-state index in [1.165, 1.54) is 0 Å². The maximum Gasteiger partial charge on any atom is 0.257 e. The lowest BCUT2D eigenvalue weighted by Crippen LogP contribution is -2.51. The number of amides is 1. The van der Waals surface area contributed by atoms with Crippen molar-refractivity contribution in [3.63, 3.8) is 0 Å². The Balaban J connectivity index is 1.65. The summed E-state index contributed by atoms with van der Waals surface area (Å²) in [6.07, 6.45) is 6.82. The Morgan fingerprint density at radius 2 is 2.35 bits per heavy atom. The van der Waals surface area contributed by atoms with E-state index in [0.29, 0.717) is 24.4 Å². The van der Waals surface area contributed by atoms with Crippen LogP contribution >= 0.6 is 0 Å². The van der Waals surface area contributed by atoms with Crippen LogP contribution in [0.25, 0.3) is 11.1 Å². The largest absolute Gasteiger partial charge is 0.374 e. The Morgan fingerprint density at radius 3 is 3.22 bits per heavy atom. The highest BCUT2D eigenvalue weighted by Gasteiger charge is 2.38. The number of aryl methyl sites for hydroxylation is 1. The molecule has 2 aliphatic rings. The van der Waals surface area contributed by atoms with Crippen LogP contribution in [0.4, 0.5) is 0 Å². The molecular formula is C17H21N3O3. The summed E-state index contributed by atoms with van der Waals surface area (Å²) < 4.78 is 11.0. The van der Waals surface area contributed by atoms with Crippen LogP contribution in [0.2, 0.25) is 0 Å². The molecule has 6 nitrogen and oxygen atoms in total. The molecule has 0 aromatic carbocycles. The summed E-state index contributed by atoms with van der Waals surface area (Å²) in [5.74, 6) is 0.0447. The third-order valence-corrected chi connectivity index (χ3v) is 4.88. The van der Waals surface area contributed by atoms with Crippen molar-refractivity contribution in [3.8, 4) is 0 Å². The highest BCUT2D eigenvalue weighted by Crippen LogP contribution is 2.31. The van der Waals surface area contributed by atoms with Gasteiger partial charge in [-0.3, -0.25) is 4.79 Å². The topological polar surface area (TPSA) is 68.5 Å². The van der Waals surface area contributed by atoms with E-state index in [1.54, 1.807) is 6.20 Å². The standard InChI is InChI=1S/C17H21N3O3/c1-2-4-13-12-9-11(10-18-16(12)23-19-13)17(21)20-7-8-22-15-6-3-5-14(15)20/h9-10,14-15H,2-8H2,1H3/t14-,15+/m1/s1. The van der Waals surface area contributed by atoms with Crippen molar-refractivity contribution in [2.75, 3.05) is 13.2 Å². The van der Waals surface area contributed by atoms with Crippen molar-refractivity contribution in [1.82, 2.24) is 15.0 Å². The van der Waals surface area contributed by atoms with Crippen LogP contribution in [0.5, 0.6) is 0 Å². The van der Waals surface area contributed by atoms with Gasteiger partial charge in [-0.1, -0.05) is 18.5 Å². The highest BCUT2D eigenvalue weighted by molar-refractivity contribution is 5.97. The smallest absolute Gasteiger partial charge is 0.257 e. The second kappa shape index (κ2) is 5.92. The summed E-state index contributed by atoms with van der Waals surface area (Å²) in [4.78, 5) is 19.2. The van der Waals surface area contributed by atoms with Crippen LogP contribution < -0.4 is 0 Å². The Bertz CT molecular complexity index is 727. The third kappa shape index (κ3) is 2.51. The van der Waals surface area contributed by atoms with Gasteiger partial charge in [0.25, 0.3) is 11.6 Å². The van der Waals surface area contributed by atoms with Gasteiger partial charge in [0.05, 0.1) is 35.4 Å². The fraction of sp³-hybridized carbons (Fsp3) is 0.588. The van der Waals surface area contributed by atoms with Crippen LogP contribution in [0.15, 0.2) is 16.8 Å². The average Bonchev–Trinajstić information content (AvgIpc) is 3.21. The summed E-state index contributed by atoms with van der Waals surface area (Å²) in [7, 11) is 0. The Labute approximate surface area is 134 Å². The van der Waals surface area contributed by atoms with Gasteiger partial charge in [-0.25, -0.2) is 4.98 Å². The van der Waals surface area contributed by atoms with Crippen molar-refractivity contribution in [2.45, 2.75) is 51.2 Å². The number of rotatable bonds is 3. The van der Waals surface area contributed by atoms with Gasteiger partial charge in [0.15, 0.2) is 0 Å². The Morgan fingerprint density at radius 1 is 1.43 bits per heavy atom. The number of nitrogens with zero attached hydrogens (tertiary/aromatic N) is 3. The molecule has 2 fully saturated rings. The maximum atomic E-state index is 13.0. The number of ether oxygens (including phenoxy) is 1. The maximum absolute atomic E-state index is 13.0. The van der Waals surface area contributed by atoms with Gasteiger partial charge in [-0.15, -0.1) is 0 Å². The Hall–Kier alpha value is -1.95. The molecule has 6 heteroatoms. The van der Waals surface area contributed by atoms with Gasteiger partial charge in [0.2, 0.25) is 0 Å². The molecule has 1 saturated carbocycles. The molecule has 3 heterocycles. The van der Waals surface area contributed by atoms with E-state index >= 15 is 0 Å². The molecule has 2 aromatic heterocycles. The normalized spacial score (nSPS) is 24.1. The van der Waals surface area contributed by atoms with Crippen molar-refractivity contribution in [3.05, 3.63) is 23.5 Å². The molecule has 0 radical (unpaired) electrons. The lowest BCUT2D eigenvalue weighted by atomic mass is 10.1. The third-order valence-electron chi connectivity index (χ3n) is 4.88. The van der Waals surface area contributed by atoms with Gasteiger partial charge < -0.3 is 14.2 Å². The lowest BCUT2D eigenvalue weighted by molar-refractivity contribution is -0.0445. The fourth-order valence-corrected chi connectivity index (χ4v) is 3.76. The summed E-state index contributed by atoms with van der Waals surface area (Å²) in [5.41, 5.74) is 2.00. The highest BCUT2D eigenvalue weighted by atomic mass is 16.5. The Kier molecular flexibility index (Phi) is 3.77. The van der Waals surface area contributed by atoms with Crippen molar-refractivity contribution < 1.29 is 14.1 Å². The number of hydrogen-bond acceptors (Lipinski definition) is 5. The zero-order valence-electron chi connectivity index (χ0n) is 13.3. The van der Waals surface area contributed by atoms with Crippen molar-refractivity contribution in [2.24, 2.45) is 0 Å². The zero-order valence-corrected chi connectivity index (χ0v) is 13.3. The van der Waals surface area contributed by atoms with E-state index in [9.17, 15) is 4.79 Å². The molecule has 2 atom stereocenters. The van der Waals surface area contributed by atoms with E-state index in [1.807, 2.05) is 11.0 Å². The first kappa shape index (κ1) is 14.6. The summed E-state index contributed by atoms with van der Waals surface area (Å²) in [6, 6.07) is 2.09. The number of carbonyl (C=O) groups is 1. The zero-order chi connectivity index (χ0) is 15.8. The SMILES string of the molecule is CCCc1noc2ncc(C(=O)N3CCO[C@H]4CCC[C@H]43)cc12. The molecule has 0 spiro atoms. The first-order chi connectivity index (χ1) is 11.3. The van der Waals surface area contributed by atoms with E-state index in [2.05, 4.69) is 17.1 Å². The first-order valence-corrected chi connectivity index (χ1v) is 8.45. The van der Waals surface area contributed by atoms with Crippen LogP contribution in [0, 0.1) is 0 Å². The predicted molar refractivity (Wildman–Crippen MR) is 84.2 cm³/mol. The minimum atomic E-state index is 0.0447. The van der Waals surface area contributed by atoms with E-state index in [4.69, 9.17) is 9.26 Å². The molecule has 1 amide bonds. The molecule has 4 rings (SSSR count). The molecule has 122 valence electrons. The van der Waals surface area contributed by atoms with E-state index < -0.39 is 0 Å². The number of fused-ring (bicyclic) bond motifs is 2. The second-order valence-corrected chi connectivity index (χ2v) is 6.36. The molecule has 1 aliphatic carbocycles. The summed E-state index contributed by atoms with van der Waals surface area (Å²) in [6.45, 7) is 3.37. The fourth-order valence-electron chi connectivity index (χ4n) is 3.76. The van der Waals surface area contributed by atoms with Crippen molar-refractivity contribution in [1.29, 1.82) is 0 Å². The second-order valence-electron chi connectivity index (χ2n) is 6.36. The number of carbonyl (C=O) groups excluding carboxylic acids is 1. The molecule has 0 unspecified atom stereocenters. The molecule has 0 bridgehead atoms. The lowest BCUT2D eigenvalue weighted by Gasteiger charge is -2.37. The average molecular weight is 315 g/mol. The monoisotopic (exact) mass is 315 g/mol. The van der Waals surface area contributed by atoms with Gasteiger partial charge >= 0.3 is 0 Å². The van der Waals surface area contributed by atoms with Gasteiger partial charge in [-0.05, 0) is 31.7 Å². The minimum absolute atomic E-state index is 0.0447.